The summed E-state index contributed by atoms with van der Waals surface area (Å²) in [5.41, 5.74) is 0. The molecule has 0 radical (unpaired) electrons. The summed E-state index contributed by atoms with van der Waals surface area (Å²) in [5.74, 6) is 2.46. The molecule has 3 atom stereocenters. The largest absolute Gasteiger partial charge is 0.396 e. The highest BCUT2D eigenvalue weighted by Gasteiger charge is 2.18. The second kappa shape index (κ2) is 37.9. The quantitative estimate of drug-likeness (QED) is 0.0929. The molecule has 0 aromatic rings. The van der Waals surface area contributed by atoms with Gasteiger partial charge in [0.05, 0.1) is 0 Å². The zero-order valence-electron chi connectivity index (χ0n) is 29.8. The van der Waals surface area contributed by atoms with Crippen LogP contribution in [0.5, 0.6) is 0 Å². The zero-order valence-corrected chi connectivity index (χ0v) is 29.8. The van der Waals surface area contributed by atoms with Gasteiger partial charge in [-0.05, 0) is 43.4 Å². The van der Waals surface area contributed by atoms with Crippen molar-refractivity contribution in [1.82, 2.24) is 0 Å². The Kier molecular flexibility index (Phi) is 39.8. The van der Waals surface area contributed by atoms with Gasteiger partial charge in [-0.3, -0.25) is 0 Å². The van der Waals surface area contributed by atoms with Gasteiger partial charge in [0.15, 0.2) is 0 Å². The number of rotatable bonds is 28. The maximum Gasteiger partial charge on any atom is 0.0495 e. The summed E-state index contributed by atoms with van der Waals surface area (Å²) in [6, 6.07) is 0. The van der Waals surface area contributed by atoms with E-state index in [1.54, 1.807) is 0 Å². The lowest BCUT2D eigenvalue weighted by atomic mass is 9.87. The molecule has 2 unspecified atom stereocenters. The maximum absolute atomic E-state index is 9.32. The van der Waals surface area contributed by atoms with Crippen LogP contribution in [0.25, 0.3) is 0 Å². The second-order valence-corrected chi connectivity index (χ2v) is 13.0. The van der Waals surface area contributed by atoms with Crippen molar-refractivity contribution in [2.45, 2.75) is 215 Å². The molecule has 2 nitrogen and oxygen atoms in total. The van der Waals surface area contributed by atoms with Crippen LogP contribution in [0.2, 0.25) is 0 Å². The first-order chi connectivity index (χ1) is 20.2. The number of aliphatic hydroxyl groups is 1. The Morgan fingerprint density at radius 1 is 0.512 bits per heavy atom. The lowest BCUT2D eigenvalue weighted by molar-refractivity contribution is 0.181. The van der Waals surface area contributed by atoms with E-state index in [1.807, 2.05) is 13.8 Å². The number of unbranched alkanes of at least 4 members (excludes halogenated alkanes) is 16. The summed E-state index contributed by atoms with van der Waals surface area (Å²) in [6.45, 7) is 15.6. The van der Waals surface area contributed by atoms with Gasteiger partial charge in [-0.25, -0.2) is 0 Å². The van der Waals surface area contributed by atoms with Crippen molar-refractivity contribution in [3.8, 4) is 0 Å². The van der Waals surface area contributed by atoms with Crippen molar-refractivity contribution in [2.75, 3.05) is 19.8 Å². The fraction of sp³-hybridized carbons (Fsp3) is 1.00. The van der Waals surface area contributed by atoms with Gasteiger partial charge >= 0.3 is 0 Å². The van der Waals surface area contributed by atoms with Crippen LogP contribution >= 0.6 is 0 Å². The van der Waals surface area contributed by atoms with Gasteiger partial charge in [0.2, 0.25) is 0 Å². The van der Waals surface area contributed by atoms with E-state index in [4.69, 9.17) is 4.74 Å². The zero-order chi connectivity index (χ0) is 30.7. The molecule has 1 aliphatic rings. The van der Waals surface area contributed by atoms with Crippen LogP contribution in [-0.2, 0) is 4.74 Å². The van der Waals surface area contributed by atoms with Gasteiger partial charge in [-0.1, -0.05) is 189 Å². The molecule has 0 saturated carbocycles. The highest BCUT2D eigenvalue weighted by atomic mass is 16.5. The predicted octanol–water partition coefficient (Wildman–Crippen LogP) is 13.5. The molecule has 1 heterocycles. The number of hydrogen-bond donors (Lipinski definition) is 1. The highest BCUT2D eigenvalue weighted by Crippen LogP contribution is 2.27. The van der Waals surface area contributed by atoms with Crippen molar-refractivity contribution < 1.29 is 9.84 Å². The topological polar surface area (TPSA) is 29.5 Å². The predicted molar refractivity (Wildman–Crippen MR) is 187 cm³/mol. The van der Waals surface area contributed by atoms with Crippen molar-refractivity contribution in [3.63, 3.8) is 0 Å². The van der Waals surface area contributed by atoms with E-state index in [-0.39, 0.29) is 0 Å². The SMILES string of the molecule is CC.CCCCCCCCC(CCCCCC)CC[C@@H]1CCOC1.CCCCCCCCC(CO)CCCCCC. The third-order valence-electron chi connectivity index (χ3n) is 9.13. The van der Waals surface area contributed by atoms with E-state index in [0.29, 0.717) is 12.5 Å². The maximum atomic E-state index is 9.32. The Bertz CT molecular complexity index is 431. The van der Waals surface area contributed by atoms with Crippen LogP contribution in [-0.4, -0.2) is 24.9 Å². The highest BCUT2D eigenvalue weighted by molar-refractivity contribution is 4.68. The Morgan fingerprint density at radius 3 is 1.24 bits per heavy atom. The van der Waals surface area contributed by atoms with Crippen LogP contribution < -0.4 is 0 Å². The molecule has 0 aliphatic carbocycles. The summed E-state index contributed by atoms with van der Waals surface area (Å²) in [4.78, 5) is 0. The molecular formula is C39H82O2. The lowest BCUT2D eigenvalue weighted by Crippen LogP contribution is -2.06. The van der Waals surface area contributed by atoms with Gasteiger partial charge in [-0.2, -0.15) is 0 Å². The fourth-order valence-electron chi connectivity index (χ4n) is 6.19. The standard InChI is InChI=1S/C21H42O.C16H34O.C2H6/c1-3-5-7-9-10-12-14-20(13-11-8-6-4-2)15-16-21-17-18-22-19-21;1-3-5-7-9-10-12-14-16(15-17)13-11-8-6-4-2;1-2/h20-21H,3-19H2,1-2H3;16-17H,3-15H2,1-2H3;1-2H3/t20?,21-;;/m1../s1. The van der Waals surface area contributed by atoms with Gasteiger partial charge < -0.3 is 9.84 Å². The molecular weight excluding hydrogens is 500 g/mol. The molecule has 1 saturated heterocycles. The average Bonchev–Trinajstić information content (AvgIpc) is 3.53. The number of aliphatic hydroxyl groups excluding tert-OH is 1. The first-order valence-electron chi connectivity index (χ1n) is 19.4. The van der Waals surface area contributed by atoms with E-state index < -0.39 is 0 Å². The molecule has 1 rings (SSSR count). The van der Waals surface area contributed by atoms with E-state index in [1.165, 1.54) is 173 Å². The molecule has 0 amide bonds. The monoisotopic (exact) mass is 583 g/mol. The summed E-state index contributed by atoms with van der Waals surface area (Å²) < 4.78 is 5.54. The average molecular weight is 583 g/mol. The van der Waals surface area contributed by atoms with Gasteiger partial charge in [0.25, 0.3) is 0 Å². The van der Waals surface area contributed by atoms with E-state index in [2.05, 4.69) is 27.7 Å². The molecule has 1 aliphatic heterocycles. The molecule has 0 bridgehead atoms. The minimum Gasteiger partial charge on any atom is -0.396 e. The fourth-order valence-corrected chi connectivity index (χ4v) is 6.19. The molecule has 1 N–H and O–H groups in total. The third-order valence-corrected chi connectivity index (χ3v) is 9.13. The van der Waals surface area contributed by atoms with Gasteiger partial charge in [0, 0.05) is 19.8 Å². The van der Waals surface area contributed by atoms with Crippen LogP contribution in [0.1, 0.15) is 215 Å². The summed E-state index contributed by atoms with van der Waals surface area (Å²) >= 11 is 0. The first-order valence-corrected chi connectivity index (χ1v) is 19.4. The molecule has 250 valence electrons. The molecule has 0 aromatic heterocycles. The Morgan fingerprint density at radius 2 is 0.878 bits per heavy atom. The second-order valence-electron chi connectivity index (χ2n) is 13.0. The normalized spacial score (nSPS) is 16.0. The first kappa shape index (κ1) is 43.0. The molecule has 0 spiro atoms. The minimum absolute atomic E-state index is 0.404. The van der Waals surface area contributed by atoms with Gasteiger partial charge in [0.1, 0.15) is 0 Å². The van der Waals surface area contributed by atoms with Crippen molar-refractivity contribution in [3.05, 3.63) is 0 Å². The van der Waals surface area contributed by atoms with Crippen molar-refractivity contribution in [1.29, 1.82) is 0 Å². The molecule has 41 heavy (non-hydrogen) atoms. The van der Waals surface area contributed by atoms with E-state index >= 15 is 0 Å². The molecule has 1 fully saturated rings. The van der Waals surface area contributed by atoms with Crippen LogP contribution in [0.15, 0.2) is 0 Å². The van der Waals surface area contributed by atoms with Crippen LogP contribution in [0.4, 0.5) is 0 Å². The van der Waals surface area contributed by atoms with Crippen LogP contribution in [0, 0.1) is 17.8 Å². The number of ether oxygens (including phenoxy) is 1. The Labute approximate surface area is 262 Å². The molecule has 0 aromatic carbocycles. The summed E-state index contributed by atoms with van der Waals surface area (Å²) in [5, 5.41) is 9.32. The van der Waals surface area contributed by atoms with Gasteiger partial charge in [-0.15, -0.1) is 0 Å². The Balaban J connectivity index is 0. The molecule has 2 heteroatoms. The van der Waals surface area contributed by atoms with E-state index in [9.17, 15) is 5.11 Å². The van der Waals surface area contributed by atoms with E-state index in [0.717, 1.165) is 25.0 Å². The van der Waals surface area contributed by atoms with Crippen LogP contribution in [0.3, 0.4) is 0 Å². The number of hydrogen-bond acceptors (Lipinski definition) is 2. The van der Waals surface area contributed by atoms with Crippen molar-refractivity contribution >= 4 is 0 Å². The Hall–Kier alpha value is -0.0800. The summed E-state index contributed by atoms with van der Waals surface area (Å²) in [7, 11) is 0. The smallest absolute Gasteiger partial charge is 0.0495 e. The minimum atomic E-state index is 0.404. The lowest BCUT2D eigenvalue weighted by Gasteiger charge is -2.18. The third kappa shape index (κ3) is 32.7. The van der Waals surface area contributed by atoms with Crippen molar-refractivity contribution in [2.24, 2.45) is 17.8 Å². The summed E-state index contributed by atoms with van der Waals surface area (Å²) in [6.07, 6.45) is 37.6.